The number of rotatable bonds is 6. The molecule has 186 valence electrons. The molecule has 1 saturated heterocycles. The van der Waals surface area contributed by atoms with E-state index in [1.165, 1.54) is 12.3 Å². The predicted octanol–water partition coefficient (Wildman–Crippen LogP) is 4.28. The number of anilines is 4. The number of aromatic nitrogens is 6. The van der Waals surface area contributed by atoms with Gasteiger partial charge in [-0.15, -0.1) is 5.10 Å². The normalized spacial score (nSPS) is 14.4. The van der Waals surface area contributed by atoms with Gasteiger partial charge in [0, 0.05) is 55.3 Å². The van der Waals surface area contributed by atoms with Crippen LogP contribution in [0.25, 0.3) is 22.6 Å². The van der Waals surface area contributed by atoms with Crippen molar-refractivity contribution in [3.05, 3.63) is 54.6 Å². The van der Waals surface area contributed by atoms with Crippen LogP contribution in [0.4, 0.5) is 36.6 Å². The zero-order valence-corrected chi connectivity index (χ0v) is 19.4. The molecule has 1 fully saturated rings. The zero-order chi connectivity index (χ0) is 25.2. The molecule has 0 atom stereocenters. The fourth-order valence-corrected chi connectivity index (χ4v) is 4.16. The van der Waals surface area contributed by atoms with Crippen molar-refractivity contribution in [3.63, 3.8) is 0 Å². The molecule has 1 aliphatic heterocycles. The molecule has 0 spiro atoms. The van der Waals surface area contributed by atoms with Crippen LogP contribution in [0.3, 0.4) is 0 Å². The molecule has 0 aliphatic carbocycles. The van der Waals surface area contributed by atoms with Crippen molar-refractivity contribution in [2.75, 3.05) is 29.0 Å². The van der Waals surface area contributed by atoms with Crippen LogP contribution in [0, 0.1) is 11.7 Å². The second-order valence-corrected chi connectivity index (χ2v) is 8.57. The van der Waals surface area contributed by atoms with Crippen LogP contribution in [0.5, 0.6) is 0 Å². The third kappa shape index (κ3) is 4.92. The number of aryl methyl sites for hydroxylation is 1. The summed E-state index contributed by atoms with van der Waals surface area (Å²) < 4.78 is 42.1. The minimum Gasteiger partial charge on any atom is -0.368 e. The molecule has 3 aromatic heterocycles. The van der Waals surface area contributed by atoms with Crippen molar-refractivity contribution in [2.45, 2.75) is 19.3 Å². The Kier molecular flexibility index (Phi) is 6.40. The van der Waals surface area contributed by atoms with Crippen LogP contribution >= 0.6 is 0 Å². The number of nitrogens with one attached hydrogen (secondary N) is 1. The Labute approximate surface area is 205 Å². The van der Waals surface area contributed by atoms with Gasteiger partial charge in [-0.2, -0.15) is 4.98 Å². The second-order valence-electron chi connectivity index (χ2n) is 8.57. The summed E-state index contributed by atoms with van der Waals surface area (Å²) in [7, 11) is 1.72. The Bertz CT molecular complexity index is 1350. The van der Waals surface area contributed by atoms with E-state index in [4.69, 9.17) is 5.73 Å². The lowest BCUT2D eigenvalue weighted by atomic mass is 9.97. The highest BCUT2D eigenvalue weighted by molar-refractivity contribution is 5.66. The van der Waals surface area contributed by atoms with Crippen LogP contribution in [-0.2, 0) is 7.05 Å². The summed E-state index contributed by atoms with van der Waals surface area (Å²) in [5.41, 5.74) is 7.48. The molecule has 36 heavy (non-hydrogen) atoms. The topological polar surface area (TPSA) is 111 Å². The van der Waals surface area contributed by atoms with Crippen molar-refractivity contribution in [2.24, 2.45) is 13.0 Å². The summed E-state index contributed by atoms with van der Waals surface area (Å²) in [5, 5.41) is 7.50. The highest BCUT2D eigenvalue weighted by atomic mass is 19.3. The first-order chi connectivity index (χ1) is 17.4. The van der Waals surface area contributed by atoms with Gasteiger partial charge in [0.1, 0.15) is 11.6 Å². The molecule has 0 radical (unpaired) electrons. The fourth-order valence-electron chi connectivity index (χ4n) is 4.16. The predicted molar refractivity (Wildman–Crippen MR) is 130 cm³/mol. The summed E-state index contributed by atoms with van der Waals surface area (Å²) >= 11 is 0. The lowest BCUT2D eigenvalue weighted by Crippen LogP contribution is -2.36. The van der Waals surface area contributed by atoms with Crippen LogP contribution in [-0.4, -0.2) is 49.2 Å². The van der Waals surface area contributed by atoms with E-state index in [-0.39, 0.29) is 5.95 Å². The van der Waals surface area contributed by atoms with Crippen LogP contribution in [0.2, 0.25) is 0 Å². The monoisotopic (exact) mass is 495 g/mol. The van der Waals surface area contributed by atoms with Gasteiger partial charge in [-0.25, -0.2) is 32.8 Å². The summed E-state index contributed by atoms with van der Waals surface area (Å²) in [6, 6.07) is 9.93. The third-order valence-corrected chi connectivity index (χ3v) is 6.16. The molecule has 1 aromatic carbocycles. The Morgan fingerprint density at radius 3 is 2.53 bits per heavy atom. The molecule has 4 heterocycles. The Morgan fingerprint density at radius 1 is 1.06 bits per heavy atom. The first-order valence-corrected chi connectivity index (χ1v) is 11.4. The molecule has 12 heteroatoms. The zero-order valence-electron chi connectivity index (χ0n) is 19.4. The van der Waals surface area contributed by atoms with E-state index in [0.29, 0.717) is 60.2 Å². The number of hydrogen-bond acceptors (Lipinski definition) is 8. The largest absolute Gasteiger partial charge is 0.368 e. The minimum absolute atomic E-state index is 0.0690. The number of piperidine rings is 1. The SMILES string of the molecule is Cn1nc(-c2ccc(N3CCC(C(F)F)CC3)nc2)nc1Nc1ccc(-c2ccnc(N)n2)c(F)c1. The smallest absolute Gasteiger partial charge is 0.241 e. The molecule has 1 aliphatic rings. The molecule has 9 nitrogen and oxygen atoms in total. The van der Waals surface area contributed by atoms with Gasteiger partial charge in [-0.05, 0) is 49.2 Å². The van der Waals surface area contributed by atoms with E-state index in [2.05, 4.69) is 30.4 Å². The molecule has 0 bridgehead atoms. The quantitative estimate of drug-likeness (QED) is 0.408. The number of alkyl halides is 2. The fraction of sp³-hybridized carbons (Fsp3) is 0.292. The highest BCUT2D eigenvalue weighted by Gasteiger charge is 2.26. The van der Waals surface area contributed by atoms with Crippen molar-refractivity contribution in [1.29, 1.82) is 0 Å². The van der Waals surface area contributed by atoms with Crippen molar-refractivity contribution in [1.82, 2.24) is 29.7 Å². The highest BCUT2D eigenvalue weighted by Crippen LogP contribution is 2.28. The first-order valence-electron chi connectivity index (χ1n) is 11.4. The van der Waals surface area contributed by atoms with Crippen LogP contribution in [0.15, 0.2) is 48.8 Å². The van der Waals surface area contributed by atoms with E-state index in [9.17, 15) is 13.2 Å². The third-order valence-electron chi connectivity index (χ3n) is 6.16. The van der Waals surface area contributed by atoms with Gasteiger partial charge >= 0.3 is 0 Å². The maximum absolute atomic E-state index is 14.8. The number of nitrogens with zero attached hydrogens (tertiary/aromatic N) is 7. The Balaban J connectivity index is 1.28. The number of benzene rings is 1. The van der Waals surface area contributed by atoms with E-state index < -0.39 is 18.2 Å². The first kappa shape index (κ1) is 23.5. The molecular formula is C24H24F3N9. The lowest BCUT2D eigenvalue weighted by Gasteiger charge is -2.32. The van der Waals surface area contributed by atoms with Gasteiger partial charge in [0.2, 0.25) is 18.3 Å². The van der Waals surface area contributed by atoms with Crippen LogP contribution in [0.1, 0.15) is 12.8 Å². The maximum atomic E-state index is 14.8. The molecule has 3 N–H and O–H groups in total. The molecule has 0 amide bonds. The van der Waals surface area contributed by atoms with E-state index in [1.54, 1.807) is 36.1 Å². The van der Waals surface area contributed by atoms with Gasteiger partial charge < -0.3 is 16.0 Å². The Morgan fingerprint density at radius 2 is 1.86 bits per heavy atom. The number of halogens is 3. The molecular weight excluding hydrogens is 471 g/mol. The number of pyridine rings is 1. The second kappa shape index (κ2) is 9.80. The molecule has 0 unspecified atom stereocenters. The average molecular weight is 496 g/mol. The van der Waals surface area contributed by atoms with Gasteiger partial charge in [-0.3, -0.25) is 0 Å². The van der Waals surface area contributed by atoms with Crippen molar-refractivity contribution < 1.29 is 13.2 Å². The average Bonchev–Trinajstić information content (AvgIpc) is 3.24. The molecule has 0 saturated carbocycles. The number of nitrogens with two attached hydrogens (primary N) is 1. The minimum atomic E-state index is -2.27. The molecule has 5 rings (SSSR count). The van der Waals surface area contributed by atoms with E-state index >= 15 is 0 Å². The summed E-state index contributed by atoms with van der Waals surface area (Å²) in [6.45, 7) is 1.11. The van der Waals surface area contributed by atoms with Gasteiger partial charge in [0.15, 0.2) is 5.82 Å². The Hall–Kier alpha value is -4.22. The summed E-state index contributed by atoms with van der Waals surface area (Å²) in [6.07, 6.45) is 1.77. The number of hydrogen-bond donors (Lipinski definition) is 2. The van der Waals surface area contributed by atoms with Crippen molar-refractivity contribution in [3.8, 4) is 22.6 Å². The summed E-state index contributed by atoms with van der Waals surface area (Å²) in [4.78, 5) is 18.9. The van der Waals surface area contributed by atoms with Crippen molar-refractivity contribution >= 4 is 23.4 Å². The lowest BCUT2D eigenvalue weighted by molar-refractivity contribution is 0.0635. The number of nitrogen functional groups attached to an aromatic ring is 1. The van der Waals surface area contributed by atoms with Gasteiger partial charge in [-0.1, -0.05) is 0 Å². The standard InChI is InChI=1S/C24H24F3N9/c1-35-24(31-16-3-4-17(18(25)12-16)19-6-9-29-23(28)32-19)33-22(34-35)15-2-5-20(30-13-15)36-10-7-14(8-11-36)21(26)27/h2-6,9,12-14,21H,7-8,10-11H2,1H3,(H2,28,29,32)(H,31,33,34). The maximum Gasteiger partial charge on any atom is 0.241 e. The van der Waals surface area contributed by atoms with E-state index in [1.807, 2.05) is 17.0 Å². The van der Waals surface area contributed by atoms with Gasteiger partial charge in [0.05, 0.1) is 5.69 Å². The van der Waals surface area contributed by atoms with Gasteiger partial charge in [0.25, 0.3) is 0 Å². The van der Waals surface area contributed by atoms with Crippen LogP contribution < -0.4 is 16.0 Å². The van der Waals surface area contributed by atoms with E-state index in [0.717, 1.165) is 5.82 Å². The summed E-state index contributed by atoms with van der Waals surface area (Å²) in [5.74, 6) is 0.657. The molecule has 4 aromatic rings.